The number of likely N-dealkylation sites (N-methyl/N-ethyl adjacent to an activating group) is 1. The van der Waals surface area contributed by atoms with Crippen molar-refractivity contribution in [2.75, 3.05) is 62.8 Å². The summed E-state index contributed by atoms with van der Waals surface area (Å²) in [6.07, 6.45) is 2.73. The summed E-state index contributed by atoms with van der Waals surface area (Å²) in [7, 11) is 1.84. The molecule has 0 spiro atoms. The lowest BCUT2D eigenvalue weighted by atomic mass is 10.1. The fourth-order valence-electron chi connectivity index (χ4n) is 3.10. The number of anilines is 2. The minimum absolute atomic E-state index is 0.134. The number of piperazine rings is 1. The molecule has 0 bridgehead atoms. The van der Waals surface area contributed by atoms with Crippen LogP contribution in [0.2, 0.25) is 0 Å². The van der Waals surface area contributed by atoms with Gasteiger partial charge in [-0.3, -0.25) is 4.79 Å². The molecule has 1 amide bonds. The molecule has 0 aromatic carbocycles. The van der Waals surface area contributed by atoms with Gasteiger partial charge < -0.3 is 19.4 Å². The molecule has 1 unspecified atom stereocenters. The molecule has 7 nitrogen and oxygen atoms in total. The maximum absolute atomic E-state index is 11.9. The Balaban J connectivity index is 1.65. The third-order valence-corrected chi connectivity index (χ3v) is 4.59. The first kappa shape index (κ1) is 16.0. The average molecular weight is 319 g/mol. The van der Waals surface area contributed by atoms with Gasteiger partial charge in [-0.1, -0.05) is 0 Å². The zero-order valence-electron chi connectivity index (χ0n) is 13.9. The minimum atomic E-state index is 0.134. The normalized spacial score (nSPS) is 22.1. The number of aromatic nitrogens is 2. The quantitative estimate of drug-likeness (QED) is 0.793. The Bertz CT molecular complexity index is 553. The second-order valence-electron chi connectivity index (χ2n) is 6.23. The van der Waals surface area contributed by atoms with E-state index in [4.69, 9.17) is 4.74 Å². The van der Waals surface area contributed by atoms with Gasteiger partial charge in [-0.25, -0.2) is 9.97 Å². The Hall–Kier alpha value is -1.89. The summed E-state index contributed by atoms with van der Waals surface area (Å²) in [5.74, 6) is 2.48. The summed E-state index contributed by atoms with van der Waals surface area (Å²) < 4.78 is 5.53. The largest absolute Gasteiger partial charge is 0.381 e. The molecule has 1 aromatic rings. The van der Waals surface area contributed by atoms with Crippen molar-refractivity contribution in [3.8, 4) is 0 Å². The molecule has 2 fully saturated rings. The van der Waals surface area contributed by atoms with Crippen molar-refractivity contribution >= 4 is 17.5 Å². The van der Waals surface area contributed by atoms with Gasteiger partial charge in [0.1, 0.15) is 18.0 Å². The molecule has 0 saturated carbocycles. The van der Waals surface area contributed by atoms with E-state index in [0.717, 1.165) is 57.4 Å². The van der Waals surface area contributed by atoms with Gasteiger partial charge in [0.25, 0.3) is 0 Å². The summed E-state index contributed by atoms with van der Waals surface area (Å²) in [4.78, 5) is 26.7. The number of carbonyl (C=O) groups is 1. The van der Waals surface area contributed by atoms with Gasteiger partial charge >= 0.3 is 0 Å². The number of amides is 1. The van der Waals surface area contributed by atoms with Gasteiger partial charge in [-0.15, -0.1) is 0 Å². The predicted octanol–water partition coefficient (Wildman–Crippen LogP) is 0.618. The maximum Gasteiger partial charge on any atom is 0.241 e. The molecule has 2 aliphatic heterocycles. The molecule has 0 radical (unpaired) electrons. The van der Waals surface area contributed by atoms with E-state index in [1.807, 2.05) is 24.9 Å². The highest BCUT2D eigenvalue weighted by atomic mass is 16.5. The zero-order chi connectivity index (χ0) is 16.2. The number of hydrogen-bond acceptors (Lipinski definition) is 6. The van der Waals surface area contributed by atoms with Crippen LogP contribution in [0.15, 0.2) is 12.4 Å². The molecule has 1 aromatic heterocycles. The van der Waals surface area contributed by atoms with Crippen LogP contribution in [0, 0.1) is 5.92 Å². The average Bonchev–Trinajstić information content (AvgIpc) is 3.04. The molecule has 7 heteroatoms. The van der Waals surface area contributed by atoms with Crippen molar-refractivity contribution in [1.29, 1.82) is 0 Å². The Morgan fingerprint density at radius 3 is 2.74 bits per heavy atom. The molecular weight excluding hydrogens is 294 g/mol. The maximum atomic E-state index is 11.9. The van der Waals surface area contributed by atoms with E-state index in [0.29, 0.717) is 12.5 Å². The predicted molar refractivity (Wildman–Crippen MR) is 88.7 cm³/mol. The van der Waals surface area contributed by atoms with Crippen molar-refractivity contribution in [1.82, 2.24) is 14.9 Å². The number of hydrogen-bond donors (Lipinski definition) is 0. The van der Waals surface area contributed by atoms with Crippen LogP contribution in [0.4, 0.5) is 11.6 Å². The first-order valence-electron chi connectivity index (χ1n) is 8.31. The molecule has 0 aliphatic carbocycles. The lowest BCUT2D eigenvalue weighted by Crippen LogP contribution is -2.48. The van der Waals surface area contributed by atoms with Gasteiger partial charge in [0.2, 0.25) is 5.91 Å². The van der Waals surface area contributed by atoms with E-state index in [-0.39, 0.29) is 5.91 Å². The van der Waals surface area contributed by atoms with Crippen molar-refractivity contribution in [3.63, 3.8) is 0 Å². The molecule has 3 rings (SSSR count). The van der Waals surface area contributed by atoms with Crippen LogP contribution in [0.25, 0.3) is 0 Å². The van der Waals surface area contributed by atoms with Crippen LogP contribution in [-0.4, -0.2) is 73.8 Å². The first-order valence-corrected chi connectivity index (χ1v) is 8.31. The molecule has 23 heavy (non-hydrogen) atoms. The lowest BCUT2D eigenvalue weighted by Gasteiger charge is -2.33. The fraction of sp³-hybridized carbons (Fsp3) is 0.688. The molecule has 1 atom stereocenters. The van der Waals surface area contributed by atoms with Gasteiger partial charge in [0, 0.05) is 51.8 Å². The Morgan fingerprint density at radius 1 is 1.22 bits per heavy atom. The van der Waals surface area contributed by atoms with E-state index < -0.39 is 0 Å². The highest BCUT2D eigenvalue weighted by Crippen LogP contribution is 2.25. The number of nitrogens with zero attached hydrogens (tertiary/aromatic N) is 5. The topological polar surface area (TPSA) is 61.8 Å². The summed E-state index contributed by atoms with van der Waals surface area (Å²) in [6, 6.07) is 2.00. The summed E-state index contributed by atoms with van der Waals surface area (Å²) >= 11 is 0. The van der Waals surface area contributed by atoms with Crippen LogP contribution < -0.4 is 9.80 Å². The third-order valence-electron chi connectivity index (χ3n) is 4.59. The molecule has 0 N–H and O–H groups in total. The molecule has 2 aliphatic rings. The highest BCUT2D eigenvalue weighted by Gasteiger charge is 2.26. The van der Waals surface area contributed by atoms with Crippen molar-refractivity contribution in [3.05, 3.63) is 12.4 Å². The van der Waals surface area contributed by atoms with Crippen molar-refractivity contribution in [2.24, 2.45) is 5.92 Å². The molecular formula is C16H25N5O2. The second kappa shape index (κ2) is 7.12. The summed E-state index contributed by atoms with van der Waals surface area (Å²) in [5.41, 5.74) is 0. The molecule has 3 heterocycles. The fourth-order valence-corrected chi connectivity index (χ4v) is 3.10. The first-order chi connectivity index (χ1) is 11.2. The van der Waals surface area contributed by atoms with Crippen LogP contribution in [0.1, 0.15) is 13.3 Å². The van der Waals surface area contributed by atoms with E-state index >= 15 is 0 Å². The smallest absolute Gasteiger partial charge is 0.241 e. The van der Waals surface area contributed by atoms with Gasteiger partial charge in [-0.2, -0.15) is 0 Å². The second-order valence-corrected chi connectivity index (χ2v) is 6.23. The lowest BCUT2D eigenvalue weighted by molar-refractivity contribution is -0.129. The molecule has 126 valence electrons. The van der Waals surface area contributed by atoms with Gasteiger partial charge in [0.05, 0.1) is 13.2 Å². The van der Waals surface area contributed by atoms with Crippen LogP contribution in [0.5, 0.6) is 0 Å². The van der Waals surface area contributed by atoms with Gasteiger partial charge in [-0.05, 0) is 13.3 Å². The zero-order valence-corrected chi connectivity index (χ0v) is 13.9. The standard InChI is InChI=1S/C16H25N5O2/c1-3-23-11-13-4-5-20(9-13)14-8-15(18-12-17-14)21-7-6-19(2)16(22)10-21/h8,12-13H,3-7,9-11H2,1-2H3. The highest BCUT2D eigenvalue weighted by molar-refractivity contribution is 5.82. The van der Waals surface area contributed by atoms with Crippen LogP contribution in [0.3, 0.4) is 0 Å². The monoisotopic (exact) mass is 319 g/mol. The van der Waals surface area contributed by atoms with E-state index in [9.17, 15) is 4.79 Å². The van der Waals surface area contributed by atoms with Gasteiger partial charge in [0.15, 0.2) is 0 Å². The Labute approximate surface area is 137 Å². The van der Waals surface area contributed by atoms with Crippen molar-refractivity contribution < 1.29 is 9.53 Å². The minimum Gasteiger partial charge on any atom is -0.381 e. The Kier molecular flexibility index (Phi) is 4.95. The summed E-state index contributed by atoms with van der Waals surface area (Å²) in [5, 5.41) is 0. The van der Waals surface area contributed by atoms with E-state index in [1.54, 1.807) is 11.2 Å². The third kappa shape index (κ3) is 3.72. The van der Waals surface area contributed by atoms with E-state index in [2.05, 4.69) is 14.9 Å². The van der Waals surface area contributed by atoms with Crippen molar-refractivity contribution in [2.45, 2.75) is 13.3 Å². The SMILES string of the molecule is CCOCC1CCN(c2cc(N3CCN(C)C(=O)C3)ncn2)C1. The number of rotatable bonds is 5. The Morgan fingerprint density at radius 2 is 2.00 bits per heavy atom. The molecule has 2 saturated heterocycles. The van der Waals surface area contributed by atoms with Crippen LogP contribution >= 0.6 is 0 Å². The number of ether oxygens (including phenoxy) is 1. The van der Waals surface area contributed by atoms with Crippen LogP contribution in [-0.2, 0) is 9.53 Å². The summed E-state index contributed by atoms with van der Waals surface area (Å²) in [6.45, 7) is 7.52. The van der Waals surface area contributed by atoms with E-state index in [1.165, 1.54) is 0 Å². The number of carbonyl (C=O) groups excluding carboxylic acids is 1.